The van der Waals surface area contributed by atoms with Crippen LogP contribution in [0, 0.1) is 0 Å². The second-order valence-electron chi connectivity index (χ2n) is 2.34. The molecule has 0 fully saturated rings. The quantitative estimate of drug-likeness (QED) is 0.561. The summed E-state index contributed by atoms with van der Waals surface area (Å²) in [6, 6.07) is 9.48. The van der Waals surface area contributed by atoms with Gasteiger partial charge in [-0.15, -0.1) is 0 Å². The van der Waals surface area contributed by atoms with Crippen molar-refractivity contribution < 1.29 is 25.1 Å². The van der Waals surface area contributed by atoms with E-state index in [9.17, 15) is 4.79 Å². The average Bonchev–Trinajstić information content (AvgIpc) is 2.21. The van der Waals surface area contributed by atoms with E-state index in [-0.39, 0.29) is 6.61 Å². The lowest BCUT2D eigenvalue weighted by Gasteiger charge is -1.93. The first kappa shape index (κ1) is 12.6. The minimum atomic E-state index is -0.690. The Balaban J connectivity index is 0.000000292. The van der Waals surface area contributed by atoms with E-state index < -0.39 is 5.97 Å². The Labute approximate surface area is 81.4 Å². The Morgan fingerprint density at radius 2 is 1.79 bits per heavy atom. The number of benzene rings is 1. The van der Waals surface area contributed by atoms with E-state index in [4.69, 9.17) is 10.5 Å². The minimum Gasteiger partial charge on any atom is -0.301 e. The lowest BCUT2D eigenvalue weighted by Crippen LogP contribution is -1.89. The van der Waals surface area contributed by atoms with Crippen molar-refractivity contribution in [1.82, 2.24) is 0 Å². The van der Waals surface area contributed by atoms with Crippen LogP contribution < -0.4 is 0 Å². The summed E-state index contributed by atoms with van der Waals surface area (Å²) in [5, 5.41) is 15.3. The van der Waals surface area contributed by atoms with E-state index in [0.29, 0.717) is 0 Å². The first-order valence-electron chi connectivity index (χ1n) is 3.83. The number of rotatable bonds is 2. The van der Waals surface area contributed by atoms with Gasteiger partial charge in [0.2, 0.25) is 0 Å². The van der Waals surface area contributed by atoms with Crippen molar-refractivity contribution in [3.05, 3.63) is 35.9 Å². The summed E-state index contributed by atoms with van der Waals surface area (Å²) in [6.07, 6.45) is 0. The molecular formula is C9H12O5. The predicted molar refractivity (Wildman–Crippen MR) is 48.3 cm³/mol. The Hall–Kier alpha value is -1.43. The van der Waals surface area contributed by atoms with E-state index in [1.807, 2.05) is 30.3 Å². The van der Waals surface area contributed by atoms with E-state index in [0.717, 1.165) is 12.5 Å². The summed E-state index contributed by atoms with van der Waals surface area (Å²) in [5.74, 6) is -0.690. The molecule has 0 aromatic heterocycles. The summed E-state index contributed by atoms with van der Waals surface area (Å²) in [4.78, 5) is 16.4. The van der Waals surface area contributed by atoms with Crippen molar-refractivity contribution in [2.45, 2.75) is 13.5 Å². The van der Waals surface area contributed by atoms with E-state index in [2.05, 4.69) is 9.78 Å². The molecular weight excluding hydrogens is 188 g/mol. The number of hydrogen-bond donors (Lipinski definition) is 2. The van der Waals surface area contributed by atoms with Crippen LogP contribution in [0.15, 0.2) is 30.3 Å². The fourth-order valence-corrected chi connectivity index (χ4v) is 0.649. The Morgan fingerprint density at radius 1 is 1.29 bits per heavy atom. The van der Waals surface area contributed by atoms with Gasteiger partial charge < -0.3 is 4.89 Å². The van der Waals surface area contributed by atoms with Gasteiger partial charge in [0.15, 0.2) is 0 Å². The molecule has 0 saturated heterocycles. The lowest BCUT2D eigenvalue weighted by atomic mass is 10.2. The molecule has 0 saturated carbocycles. The third-order valence-electron chi connectivity index (χ3n) is 1.20. The standard InChI is InChI=1S/C7H8O2.C2H4O3/c8-9-6-7-4-2-1-3-5-7;1-2(3)5-4/h1-5,8H,6H2;4H,1H3. The van der Waals surface area contributed by atoms with Gasteiger partial charge in [-0.25, -0.2) is 9.68 Å². The van der Waals surface area contributed by atoms with Crippen LogP contribution in [0.2, 0.25) is 0 Å². The highest BCUT2D eigenvalue weighted by atomic mass is 17.1. The fraction of sp³-hybridized carbons (Fsp3) is 0.222. The molecule has 0 spiro atoms. The van der Waals surface area contributed by atoms with Crippen molar-refractivity contribution in [3.63, 3.8) is 0 Å². The molecule has 1 aromatic rings. The number of carbonyl (C=O) groups excluding carboxylic acids is 1. The summed E-state index contributed by atoms with van der Waals surface area (Å²) in [5.41, 5.74) is 0.972. The molecule has 2 N–H and O–H groups in total. The van der Waals surface area contributed by atoms with Crippen LogP contribution in [-0.2, 0) is 21.2 Å². The zero-order valence-electron chi connectivity index (χ0n) is 7.71. The Bertz CT molecular complexity index is 247. The highest BCUT2D eigenvalue weighted by molar-refractivity contribution is 5.64. The molecule has 0 atom stereocenters. The molecule has 1 rings (SSSR count). The molecule has 0 aliphatic rings. The molecule has 5 heteroatoms. The lowest BCUT2D eigenvalue weighted by molar-refractivity contribution is -0.253. The first-order chi connectivity index (χ1) is 6.70. The Morgan fingerprint density at radius 3 is 2.14 bits per heavy atom. The fourth-order valence-electron chi connectivity index (χ4n) is 0.649. The molecule has 0 aliphatic heterocycles. The Kier molecular flexibility index (Phi) is 7.35. The zero-order chi connectivity index (χ0) is 10.8. The molecule has 0 unspecified atom stereocenters. The van der Waals surface area contributed by atoms with Crippen LogP contribution >= 0.6 is 0 Å². The third kappa shape index (κ3) is 7.23. The van der Waals surface area contributed by atoms with E-state index in [1.54, 1.807) is 0 Å². The third-order valence-corrected chi connectivity index (χ3v) is 1.20. The molecule has 0 heterocycles. The summed E-state index contributed by atoms with van der Waals surface area (Å²) < 4.78 is 0. The molecule has 0 aliphatic carbocycles. The first-order valence-corrected chi connectivity index (χ1v) is 3.83. The number of carbonyl (C=O) groups is 1. The van der Waals surface area contributed by atoms with Crippen LogP contribution in [0.3, 0.4) is 0 Å². The average molecular weight is 200 g/mol. The van der Waals surface area contributed by atoms with Crippen LogP contribution in [-0.4, -0.2) is 16.5 Å². The maximum atomic E-state index is 9.34. The van der Waals surface area contributed by atoms with Crippen LogP contribution in [0.25, 0.3) is 0 Å². The largest absolute Gasteiger partial charge is 0.339 e. The van der Waals surface area contributed by atoms with Gasteiger partial charge in [0, 0.05) is 6.92 Å². The van der Waals surface area contributed by atoms with Gasteiger partial charge in [-0.2, -0.15) is 5.26 Å². The summed E-state index contributed by atoms with van der Waals surface area (Å²) in [7, 11) is 0. The minimum absolute atomic E-state index is 0.265. The van der Waals surface area contributed by atoms with E-state index >= 15 is 0 Å². The smallest absolute Gasteiger partial charge is 0.301 e. The van der Waals surface area contributed by atoms with Gasteiger partial charge in [-0.3, -0.25) is 5.26 Å². The molecule has 0 radical (unpaired) electrons. The second kappa shape index (κ2) is 8.18. The summed E-state index contributed by atoms with van der Waals surface area (Å²) in [6.45, 7) is 1.38. The van der Waals surface area contributed by atoms with Crippen LogP contribution in [0.1, 0.15) is 12.5 Å². The number of hydrogen-bond acceptors (Lipinski definition) is 5. The van der Waals surface area contributed by atoms with Crippen LogP contribution in [0.4, 0.5) is 0 Å². The van der Waals surface area contributed by atoms with Crippen molar-refractivity contribution in [1.29, 1.82) is 0 Å². The second-order valence-corrected chi connectivity index (χ2v) is 2.34. The highest BCUT2D eigenvalue weighted by Crippen LogP contribution is 1.98. The zero-order valence-corrected chi connectivity index (χ0v) is 7.71. The maximum absolute atomic E-state index is 9.34. The van der Waals surface area contributed by atoms with Gasteiger partial charge in [0.05, 0.1) is 0 Å². The van der Waals surface area contributed by atoms with Crippen molar-refractivity contribution >= 4 is 5.97 Å². The molecule has 5 nitrogen and oxygen atoms in total. The van der Waals surface area contributed by atoms with Gasteiger partial charge >= 0.3 is 5.97 Å². The normalized spacial score (nSPS) is 8.50. The van der Waals surface area contributed by atoms with E-state index in [1.165, 1.54) is 0 Å². The summed E-state index contributed by atoms with van der Waals surface area (Å²) >= 11 is 0. The van der Waals surface area contributed by atoms with Gasteiger partial charge in [-0.05, 0) is 5.56 Å². The molecule has 1 aromatic carbocycles. The van der Waals surface area contributed by atoms with Crippen molar-refractivity contribution in [2.24, 2.45) is 0 Å². The molecule has 0 bridgehead atoms. The van der Waals surface area contributed by atoms with Gasteiger partial charge in [-0.1, -0.05) is 30.3 Å². The van der Waals surface area contributed by atoms with Gasteiger partial charge in [0.25, 0.3) is 0 Å². The molecule has 78 valence electrons. The maximum Gasteiger partial charge on any atom is 0.339 e. The SMILES string of the molecule is CC(=O)OO.OOCc1ccccc1. The monoisotopic (exact) mass is 200 g/mol. The molecule has 14 heavy (non-hydrogen) atoms. The van der Waals surface area contributed by atoms with Crippen LogP contribution in [0.5, 0.6) is 0 Å². The molecule has 0 amide bonds. The van der Waals surface area contributed by atoms with Crippen molar-refractivity contribution in [3.8, 4) is 0 Å². The highest BCUT2D eigenvalue weighted by Gasteiger charge is 1.86. The van der Waals surface area contributed by atoms with Crippen molar-refractivity contribution in [2.75, 3.05) is 0 Å². The van der Waals surface area contributed by atoms with Gasteiger partial charge in [0.1, 0.15) is 6.61 Å². The predicted octanol–water partition coefficient (Wildman–Crippen LogP) is 1.70. The topological polar surface area (TPSA) is 76.0 Å².